The van der Waals surface area contributed by atoms with Crippen molar-refractivity contribution in [3.8, 4) is 27.2 Å². The molecule has 1 aliphatic carbocycles. The van der Waals surface area contributed by atoms with Crippen LogP contribution in [0.15, 0.2) is 30.7 Å². The molecule has 4 nitrogen and oxygen atoms in total. The third-order valence-corrected chi connectivity index (χ3v) is 5.12. The highest BCUT2D eigenvalue weighted by Gasteiger charge is 2.31. The number of aryl methyl sites for hydroxylation is 1. The van der Waals surface area contributed by atoms with Crippen LogP contribution >= 0.6 is 11.3 Å². The molecule has 4 rings (SSSR count). The van der Waals surface area contributed by atoms with E-state index in [9.17, 15) is 4.39 Å². The number of nitrogens with zero attached hydrogens (tertiary/aromatic N) is 4. The first-order valence-electron chi connectivity index (χ1n) is 7.64. The minimum atomic E-state index is -0.370. The van der Waals surface area contributed by atoms with E-state index in [0.29, 0.717) is 17.0 Å². The van der Waals surface area contributed by atoms with E-state index in [1.807, 2.05) is 13.0 Å². The highest BCUT2D eigenvalue weighted by molar-refractivity contribution is 7.18. The number of pyridine rings is 2. The van der Waals surface area contributed by atoms with E-state index in [1.54, 1.807) is 12.4 Å². The number of rotatable bonds is 3. The molecule has 6 heteroatoms. The summed E-state index contributed by atoms with van der Waals surface area (Å²) in [7, 11) is 0. The molecule has 0 atom stereocenters. The van der Waals surface area contributed by atoms with E-state index in [-0.39, 0.29) is 5.82 Å². The van der Waals surface area contributed by atoms with Crippen LogP contribution in [0.4, 0.5) is 4.39 Å². The highest BCUT2D eigenvalue weighted by atomic mass is 32.1. The predicted octanol–water partition coefficient (Wildman–Crippen LogP) is 4.46. The van der Waals surface area contributed by atoms with E-state index >= 15 is 0 Å². The first-order chi connectivity index (χ1) is 11.7. The van der Waals surface area contributed by atoms with Crippen molar-refractivity contribution in [3.63, 3.8) is 0 Å². The maximum absolute atomic E-state index is 13.5. The molecule has 1 fully saturated rings. The molecule has 0 unspecified atom stereocenters. The molecule has 0 saturated heterocycles. The summed E-state index contributed by atoms with van der Waals surface area (Å²) in [5.41, 5.74) is 4.05. The summed E-state index contributed by atoms with van der Waals surface area (Å²) in [5.74, 6) is 0.0771. The quantitative estimate of drug-likeness (QED) is 0.708. The van der Waals surface area contributed by atoms with Crippen LogP contribution in [-0.2, 0) is 0 Å². The largest absolute Gasteiger partial charge is 0.261 e. The summed E-state index contributed by atoms with van der Waals surface area (Å²) in [6.45, 7) is 1.95. The molecular formula is C18H13FN4S. The predicted molar refractivity (Wildman–Crippen MR) is 90.0 cm³/mol. The van der Waals surface area contributed by atoms with Crippen LogP contribution in [0, 0.1) is 24.1 Å². The minimum Gasteiger partial charge on any atom is -0.261 e. The van der Waals surface area contributed by atoms with Gasteiger partial charge < -0.3 is 0 Å². The monoisotopic (exact) mass is 336 g/mol. The number of hydrogen-bond acceptors (Lipinski definition) is 5. The Labute approximate surface area is 142 Å². The topological polar surface area (TPSA) is 62.5 Å². The Balaban J connectivity index is 1.85. The van der Waals surface area contributed by atoms with E-state index < -0.39 is 0 Å². The smallest absolute Gasteiger partial charge is 0.142 e. The molecule has 0 radical (unpaired) electrons. The van der Waals surface area contributed by atoms with Gasteiger partial charge in [0.25, 0.3) is 0 Å². The molecular weight excluding hydrogens is 323 g/mol. The van der Waals surface area contributed by atoms with Crippen molar-refractivity contribution < 1.29 is 4.39 Å². The second kappa shape index (κ2) is 5.77. The summed E-state index contributed by atoms with van der Waals surface area (Å²) in [4.78, 5) is 14.1. The van der Waals surface area contributed by atoms with Gasteiger partial charge in [-0.3, -0.25) is 9.97 Å². The van der Waals surface area contributed by atoms with Crippen molar-refractivity contribution in [3.05, 3.63) is 53.4 Å². The van der Waals surface area contributed by atoms with Gasteiger partial charge in [-0.15, -0.1) is 11.3 Å². The SMILES string of the molecule is Cc1cc(C#N)cnc1-c1sc(-c2cncc(F)c2)nc1C1CC1. The normalized spacial score (nSPS) is 13.7. The lowest BCUT2D eigenvalue weighted by atomic mass is 10.1. The van der Waals surface area contributed by atoms with Crippen molar-refractivity contribution in [2.45, 2.75) is 25.7 Å². The van der Waals surface area contributed by atoms with Gasteiger partial charge in [0, 0.05) is 23.9 Å². The summed E-state index contributed by atoms with van der Waals surface area (Å²) >= 11 is 1.51. The molecule has 3 aromatic rings. The second-order valence-corrected chi connectivity index (χ2v) is 6.90. The summed E-state index contributed by atoms with van der Waals surface area (Å²) < 4.78 is 13.5. The fourth-order valence-corrected chi connectivity index (χ4v) is 3.86. The maximum atomic E-state index is 13.5. The first kappa shape index (κ1) is 14.9. The molecule has 3 heterocycles. The second-order valence-electron chi connectivity index (χ2n) is 5.90. The standard InChI is InChI=1S/C18H13FN4S/c1-10-4-11(6-20)7-22-15(10)17-16(12-2-3-12)23-18(24-17)13-5-14(19)9-21-8-13/h4-5,7-9,12H,2-3H2,1H3. The Morgan fingerprint density at radius 3 is 2.75 bits per heavy atom. The van der Waals surface area contributed by atoms with Crippen molar-refractivity contribution in [1.82, 2.24) is 15.0 Å². The fourth-order valence-electron chi connectivity index (χ4n) is 2.66. The van der Waals surface area contributed by atoms with E-state index in [0.717, 1.165) is 39.7 Å². The summed E-state index contributed by atoms with van der Waals surface area (Å²) in [5, 5.41) is 9.77. The van der Waals surface area contributed by atoms with E-state index in [2.05, 4.69) is 16.0 Å². The molecule has 24 heavy (non-hydrogen) atoms. The molecule has 0 bridgehead atoms. The lowest BCUT2D eigenvalue weighted by Crippen LogP contribution is -1.91. The Hall–Kier alpha value is -2.65. The lowest BCUT2D eigenvalue weighted by molar-refractivity contribution is 0.622. The average Bonchev–Trinajstić information content (AvgIpc) is 3.34. The molecule has 3 aromatic heterocycles. The van der Waals surface area contributed by atoms with Gasteiger partial charge in [-0.2, -0.15) is 5.26 Å². The molecule has 118 valence electrons. The highest BCUT2D eigenvalue weighted by Crippen LogP contribution is 2.47. The Morgan fingerprint density at radius 2 is 2.08 bits per heavy atom. The number of halogens is 1. The van der Waals surface area contributed by atoms with Crippen LogP contribution < -0.4 is 0 Å². The number of hydrogen-bond donors (Lipinski definition) is 0. The molecule has 0 aromatic carbocycles. The van der Waals surface area contributed by atoms with Crippen molar-refractivity contribution in [1.29, 1.82) is 5.26 Å². The van der Waals surface area contributed by atoms with Gasteiger partial charge in [-0.1, -0.05) is 0 Å². The van der Waals surface area contributed by atoms with Gasteiger partial charge in [0.2, 0.25) is 0 Å². The summed E-state index contributed by atoms with van der Waals surface area (Å²) in [6.07, 6.45) is 6.63. The van der Waals surface area contributed by atoms with Gasteiger partial charge in [-0.25, -0.2) is 9.37 Å². The van der Waals surface area contributed by atoms with Crippen LogP contribution in [0.25, 0.3) is 21.1 Å². The summed E-state index contributed by atoms with van der Waals surface area (Å²) in [6, 6.07) is 5.39. The molecule has 0 aliphatic heterocycles. The van der Waals surface area contributed by atoms with Crippen LogP contribution in [0.2, 0.25) is 0 Å². The Morgan fingerprint density at radius 1 is 1.25 bits per heavy atom. The Kier molecular flexibility index (Phi) is 3.58. The van der Waals surface area contributed by atoms with Gasteiger partial charge in [0.15, 0.2) is 0 Å². The van der Waals surface area contributed by atoms with Crippen molar-refractivity contribution in [2.75, 3.05) is 0 Å². The van der Waals surface area contributed by atoms with Crippen LogP contribution in [-0.4, -0.2) is 15.0 Å². The van der Waals surface area contributed by atoms with Crippen molar-refractivity contribution in [2.24, 2.45) is 0 Å². The average molecular weight is 336 g/mol. The van der Waals surface area contributed by atoms with E-state index in [1.165, 1.54) is 23.6 Å². The van der Waals surface area contributed by atoms with Gasteiger partial charge in [0.05, 0.1) is 28.0 Å². The van der Waals surface area contributed by atoms with Gasteiger partial charge >= 0.3 is 0 Å². The van der Waals surface area contributed by atoms with Crippen LogP contribution in [0.1, 0.15) is 35.6 Å². The van der Waals surface area contributed by atoms with Crippen LogP contribution in [0.5, 0.6) is 0 Å². The third kappa shape index (κ3) is 2.68. The third-order valence-electron chi connectivity index (χ3n) is 3.99. The van der Waals surface area contributed by atoms with Crippen LogP contribution in [0.3, 0.4) is 0 Å². The zero-order valence-electron chi connectivity index (χ0n) is 13.0. The molecule has 1 aliphatic rings. The molecule has 0 spiro atoms. The van der Waals surface area contributed by atoms with Crippen molar-refractivity contribution >= 4 is 11.3 Å². The molecule has 0 N–H and O–H groups in total. The zero-order valence-corrected chi connectivity index (χ0v) is 13.8. The first-order valence-corrected chi connectivity index (χ1v) is 8.46. The molecule has 1 saturated carbocycles. The molecule has 0 amide bonds. The number of aromatic nitrogens is 3. The zero-order chi connectivity index (χ0) is 16.7. The fraction of sp³-hybridized carbons (Fsp3) is 0.222. The number of nitriles is 1. The van der Waals surface area contributed by atoms with Gasteiger partial charge in [-0.05, 0) is 37.5 Å². The minimum absolute atomic E-state index is 0.370. The lowest BCUT2D eigenvalue weighted by Gasteiger charge is -2.04. The van der Waals surface area contributed by atoms with Gasteiger partial charge in [0.1, 0.15) is 16.9 Å². The maximum Gasteiger partial charge on any atom is 0.142 e. The number of thiazole rings is 1. The Bertz CT molecular complexity index is 969. The van der Waals surface area contributed by atoms with E-state index in [4.69, 9.17) is 10.2 Å².